The summed E-state index contributed by atoms with van der Waals surface area (Å²) in [5, 5.41) is 0. The highest BCUT2D eigenvalue weighted by molar-refractivity contribution is 5.92. The van der Waals surface area contributed by atoms with Gasteiger partial charge in [-0.15, -0.1) is 0 Å². The molecule has 0 aromatic heterocycles. The molecule has 0 aliphatic carbocycles. The number of ether oxygens (including phenoxy) is 1. The zero-order valence-corrected chi connectivity index (χ0v) is 12.1. The minimum atomic E-state index is -0.268. The zero-order valence-electron chi connectivity index (χ0n) is 12.1. The molecule has 1 rings (SSSR count). The summed E-state index contributed by atoms with van der Waals surface area (Å²) in [5.74, 6) is -0.268. The largest absolute Gasteiger partial charge is 0.465 e. The van der Waals surface area contributed by atoms with Crippen molar-refractivity contribution in [2.24, 2.45) is 0 Å². The number of unbranched alkanes of at least 4 members (excludes halogenated alkanes) is 1. The van der Waals surface area contributed by atoms with Gasteiger partial charge in [0, 0.05) is 0 Å². The van der Waals surface area contributed by atoms with Gasteiger partial charge in [0.05, 0.1) is 26.4 Å². The zero-order chi connectivity index (χ0) is 14.3. The fourth-order valence-electron chi connectivity index (χ4n) is 2.20. The van der Waals surface area contributed by atoms with Crippen molar-refractivity contribution in [1.82, 2.24) is 0 Å². The van der Waals surface area contributed by atoms with Crippen LogP contribution in [0, 0.1) is 13.8 Å². The molecule has 0 saturated carbocycles. The maximum atomic E-state index is 11.6. The maximum absolute atomic E-state index is 11.6. The van der Waals surface area contributed by atoms with Gasteiger partial charge >= 0.3 is 5.97 Å². The molecule has 0 unspecified atom stereocenters. The van der Waals surface area contributed by atoms with Crippen molar-refractivity contribution in [2.45, 2.75) is 33.1 Å². The Kier molecular flexibility index (Phi) is 6.53. The quantitative estimate of drug-likeness (QED) is 0.329. The smallest absolute Gasteiger partial charge is 0.338 e. The van der Waals surface area contributed by atoms with Crippen molar-refractivity contribution in [2.75, 3.05) is 20.8 Å². The first kappa shape index (κ1) is 15.7. The van der Waals surface area contributed by atoms with Crippen molar-refractivity contribution in [3.05, 3.63) is 34.4 Å². The van der Waals surface area contributed by atoms with Crippen LogP contribution in [0.2, 0.25) is 0 Å². The third kappa shape index (κ3) is 4.65. The van der Waals surface area contributed by atoms with Crippen LogP contribution in [0.3, 0.4) is 0 Å². The van der Waals surface area contributed by atoms with Crippen LogP contribution in [-0.4, -0.2) is 26.8 Å². The van der Waals surface area contributed by atoms with E-state index in [2.05, 4.69) is 17.0 Å². The highest BCUT2D eigenvalue weighted by Crippen LogP contribution is 2.19. The first-order valence-corrected chi connectivity index (χ1v) is 6.44. The number of rotatable bonds is 7. The van der Waals surface area contributed by atoms with Gasteiger partial charge in [-0.2, -0.15) is 0 Å². The Balaban J connectivity index is 2.65. The summed E-state index contributed by atoms with van der Waals surface area (Å²) in [6.45, 7) is 4.49. The van der Waals surface area contributed by atoms with Crippen LogP contribution in [0.1, 0.15) is 39.9 Å². The van der Waals surface area contributed by atoms with E-state index < -0.39 is 0 Å². The third-order valence-corrected chi connectivity index (χ3v) is 3.04. The fourth-order valence-corrected chi connectivity index (χ4v) is 2.20. The SMILES string of the molecule is COOCCCCc1cc(C)c(C(=O)OC)c(C)c1. The van der Waals surface area contributed by atoms with E-state index >= 15 is 0 Å². The number of carbonyl (C=O) groups is 1. The molecular formula is C15H22O4. The molecule has 0 aliphatic rings. The third-order valence-electron chi connectivity index (χ3n) is 3.04. The standard InChI is InChI=1S/C15H22O4/c1-11-9-13(7-5-6-8-19-18-4)10-12(2)14(11)15(16)17-3/h9-10H,5-8H2,1-4H3. The lowest BCUT2D eigenvalue weighted by atomic mass is 9.97. The number of aryl methyl sites for hydroxylation is 3. The van der Waals surface area contributed by atoms with E-state index in [0.717, 1.165) is 30.4 Å². The molecule has 0 amide bonds. The average Bonchev–Trinajstić information content (AvgIpc) is 2.37. The molecule has 0 heterocycles. The second-order valence-electron chi connectivity index (χ2n) is 4.54. The number of methoxy groups -OCH3 is 1. The van der Waals surface area contributed by atoms with Crippen molar-refractivity contribution in [3.8, 4) is 0 Å². The summed E-state index contributed by atoms with van der Waals surface area (Å²) < 4.78 is 4.79. The Morgan fingerprint density at radius 2 is 1.74 bits per heavy atom. The van der Waals surface area contributed by atoms with Gasteiger partial charge in [-0.1, -0.05) is 12.1 Å². The highest BCUT2D eigenvalue weighted by Gasteiger charge is 2.13. The van der Waals surface area contributed by atoms with Crippen LogP contribution in [-0.2, 0) is 20.9 Å². The topological polar surface area (TPSA) is 44.8 Å². The average molecular weight is 266 g/mol. The number of carbonyl (C=O) groups excluding carboxylic acids is 1. The highest BCUT2D eigenvalue weighted by atomic mass is 17.2. The van der Waals surface area contributed by atoms with E-state index in [-0.39, 0.29) is 5.97 Å². The van der Waals surface area contributed by atoms with E-state index in [1.165, 1.54) is 19.8 Å². The molecule has 0 bridgehead atoms. The minimum Gasteiger partial charge on any atom is -0.465 e. The lowest BCUT2D eigenvalue weighted by molar-refractivity contribution is -0.272. The van der Waals surface area contributed by atoms with E-state index in [1.807, 2.05) is 13.8 Å². The molecule has 106 valence electrons. The van der Waals surface area contributed by atoms with Gasteiger partial charge in [0.2, 0.25) is 0 Å². The van der Waals surface area contributed by atoms with Gasteiger partial charge in [0.15, 0.2) is 0 Å². The molecule has 19 heavy (non-hydrogen) atoms. The van der Waals surface area contributed by atoms with Crippen LogP contribution in [0.15, 0.2) is 12.1 Å². The van der Waals surface area contributed by atoms with Crippen molar-refractivity contribution in [3.63, 3.8) is 0 Å². The Morgan fingerprint density at radius 1 is 1.11 bits per heavy atom. The minimum absolute atomic E-state index is 0.268. The van der Waals surface area contributed by atoms with Gasteiger partial charge in [-0.25, -0.2) is 14.6 Å². The summed E-state index contributed by atoms with van der Waals surface area (Å²) in [5.41, 5.74) is 3.85. The van der Waals surface area contributed by atoms with Gasteiger partial charge in [-0.05, 0) is 49.8 Å². The summed E-state index contributed by atoms with van der Waals surface area (Å²) in [4.78, 5) is 21.0. The van der Waals surface area contributed by atoms with Crippen LogP contribution < -0.4 is 0 Å². The molecule has 4 heteroatoms. The Labute approximate surface area is 114 Å². The summed E-state index contributed by atoms with van der Waals surface area (Å²) >= 11 is 0. The van der Waals surface area contributed by atoms with Crippen molar-refractivity contribution < 1.29 is 19.3 Å². The fraction of sp³-hybridized carbons (Fsp3) is 0.533. The van der Waals surface area contributed by atoms with E-state index in [0.29, 0.717) is 12.2 Å². The second-order valence-corrected chi connectivity index (χ2v) is 4.54. The van der Waals surface area contributed by atoms with Crippen LogP contribution in [0.5, 0.6) is 0 Å². The van der Waals surface area contributed by atoms with Crippen LogP contribution in [0.25, 0.3) is 0 Å². The van der Waals surface area contributed by atoms with Crippen molar-refractivity contribution in [1.29, 1.82) is 0 Å². The van der Waals surface area contributed by atoms with Gasteiger partial charge in [-0.3, -0.25) is 0 Å². The molecule has 0 aliphatic heterocycles. The normalized spacial score (nSPS) is 10.5. The van der Waals surface area contributed by atoms with Gasteiger partial charge in [0.1, 0.15) is 0 Å². The molecule has 0 fully saturated rings. The summed E-state index contributed by atoms with van der Waals surface area (Å²) in [7, 11) is 2.92. The summed E-state index contributed by atoms with van der Waals surface area (Å²) in [6, 6.07) is 4.10. The molecular weight excluding hydrogens is 244 g/mol. The predicted molar refractivity (Wildman–Crippen MR) is 73.2 cm³/mol. The molecule has 1 aromatic carbocycles. The Morgan fingerprint density at radius 3 is 2.26 bits per heavy atom. The molecule has 4 nitrogen and oxygen atoms in total. The van der Waals surface area contributed by atoms with Gasteiger partial charge in [0.25, 0.3) is 0 Å². The number of hydrogen-bond donors (Lipinski definition) is 0. The molecule has 1 aromatic rings. The monoisotopic (exact) mass is 266 g/mol. The molecule has 0 radical (unpaired) electrons. The van der Waals surface area contributed by atoms with Crippen LogP contribution in [0.4, 0.5) is 0 Å². The molecule has 0 atom stereocenters. The molecule has 0 saturated heterocycles. The number of hydrogen-bond acceptors (Lipinski definition) is 4. The first-order chi connectivity index (χ1) is 9.10. The van der Waals surface area contributed by atoms with E-state index in [9.17, 15) is 4.79 Å². The first-order valence-electron chi connectivity index (χ1n) is 6.44. The van der Waals surface area contributed by atoms with Gasteiger partial charge < -0.3 is 4.74 Å². The lowest BCUT2D eigenvalue weighted by Crippen LogP contribution is -2.07. The number of esters is 1. The second kappa shape index (κ2) is 7.92. The lowest BCUT2D eigenvalue weighted by Gasteiger charge is -2.11. The van der Waals surface area contributed by atoms with E-state index in [1.54, 1.807) is 0 Å². The Hall–Kier alpha value is -1.39. The summed E-state index contributed by atoms with van der Waals surface area (Å²) in [6.07, 6.45) is 2.95. The predicted octanol–water partition coefficient (Wildman–Crippen LogP) is 2.99. The number of benzene rings is 1. The molecule has 0 N–H and O–H groups in total. The Bertz CT molecular complexity index is 403. The van der Waals surface area contributed by atoms with Crippen LogP contribution >= 0.6 is 0 Å². The van der Waals surface area contributed by atoms with E-state index in [4.69, 9.17) is 9.62 Å². The van der Waals surface area contributed by atoms with Crippen molar-refractivity contribution >= 4 is 5.97 Å². The maximum Gasteiger partial charge on any atom is 0.338 e. The molecule has 0 spiro atoms.